The van der Waals surface area contributed by atoms with Crippen molar-refractivity contribution in [2.45, 2.75) is 26.3 Å². The number of ether oxygens (including phenoxy) is 1. The van der Waals surface area contributed by atoms with Gasteiger partial charge in [0.05, 0.1) is 23.3 Å². The number of aromatic amines is 1. The van der Waals surface area contributed by atoms with Crippen LogP contribution in [0.2, 0.25) is 0 Å². The lowest BCUT2D eigenvalue weighted by atomic mass is 10.2. The maximum atomic E-state index is 14.4. The highest BCUT2D eigenvalue weighted by Gasteiger charge is 2.20. The molecule has 6 nitrogen and oxygen atoms in total. The van der Waals surface area contributed by atoms with E-state index in [0.29, 0.717) is 35.2 Å². The molecular formula is C16H21FN4O2. The van der Waals surface area contributed by atoms with Gasteiger partial charge in [-0.2, -0.15) is 0 Å². The van der Waals surface area contributed by atoms with Crippen molar-refractivity contribution < 1.29 is 13.9 Å². The number of esters is 1. The van der Waals surface area contributed by atoms with Crippen LogP contribution < -0.4 is 10.2 Å². The molecule has 0 saturated carbocycles. The summed E-state index contributed by atoms with van der Waals surface area (Å²) in [6.07, 6.45) is 0.0597. The number of anilines is 1. The molecule has 1 aromatic heterocycles. The van der Waals surface area contributed by atoms with Crippen LogP contribution in [0.25, 0.3) is 11.0 Å². The molecular weight excluding hydrogens is 299 g/mol. The van der Waals surface area contributed by atoms with Crippen LogP contribution in [0.15, 0.2) is 12.1 Å². The first-order valence-corrected chi connectivity index (χ1v) is 7.89. The molecule has 0 amide bonds. The zero-order chi connectivity index (χ0) is 16.4. The Morgan fingerprint density at radius 2 is 2.35 bits per heavy atom. The predicted octanol–water partition coefficient (Wildman–Crippen LogP) is 1.61. The lowest BCUT2D eigenvalue weighted by Crippen LogP contribution is -2.49. The molecule has 1 unspecified atom stereocenters. The van der Waals surface area contributed by atoms with E-state index in [0.717, 1.165) is 19.6 Å². The number of aromatic nitrogens is 2. The minimum atomic E-state index is -0.344. The molecule has 0 radical (unpaired) electrons. The van der Waals surface area contributed by atoms with Gasteiger partial charge in [0.15, 0.2) is 0 Å². The number of piperazine rings is 1. The smallest absolute Gasteiger partial charge is 0.313 e. The van der Waals surface area contributed by atoms with Crippen molar-refractivity contribution in [1.82, 2.24) is 15.3 Å². The van der Waals surface area contributed by atoms with Gasteiger partial charge in [-0.25, -0.2) is 9.37 Å². The van der Waals surface area contributed by atoms with Crippen molar-refractivity contribution in [3.63, 3.8) is 0 Å². The van der Waals surface area contributed by atoms with E-state index in [2.05, 4.69) is 22.2 Å². The van der Waals surface area contributed by atoms with E-state index in [4.69, 9.17) is 4.74 Å². The van der Waals surface area contributed by atoms with Gasteiger partial charge in [-0.3, -0.25) is 4.79 Å². The average Bonchev–Trinajstić information content (AvgIpc) is 2.87. The van der Waals surface area contributed by atoms with Gasteiger partial charge in [0.2, 0.25) is 0 Å². The molecule has 1 saturated heterocycles. The van der Waals surface area contributed by atoms with Crippen LogP contribution in [-0.2, 0) is 16.0 Å². The van der Waals surface area contributed by atoms with Crippen LogP contribution in [0, 0.1) is 5.82 Å². The number of nitrogens with one attached hydrogen (secondary N) is 2. The van der Waals surface area contributed by atoms with Crippen molar-refractivity contribution in [3.8, 4) is 0 Å². The van der Waals surface area contributed by atoms with Gasteiger partial charge in [-0.1, -0.05) is 0 Å². The van der Waals surface area contributed by atoms with Crippen LogP contribution >= 0.6 is 0 Å². The molecule has 1 aliphatic heterocycles. The summed E-state index contributed by atoms with van der Waals surface area (Å²) in [5, 5.41) is 3.34. The summed E-state index contributed by atoms with van der Waals surface area (Å²) in [6, 6.07) is 3.50. The number of hydrogen-bond donors (Lipinski definition) is 2. The fourth-order valence-electron chi connectivity index (χ4n) is 2.90. The topological polar surface area (TPSA) is 70.2 Å². The van der Waals surface area contributed by atoms with Crippen LogP contribution in [0.4, 0.5) is 10.1 Å². The molecule has 3 rings (SSSR count). The second kappa shape index (κ2) is 6.54. The maximum Gasteiger partial charge on any atom is 0.313 e. The van der Waals surface area contributed by atoms with E-state index < -0.39 is 0 Å². The minimum absolute atomic E-state index is 0.0597. The molecule has 0 spiro atoms. The van der Waals surface area contributed by atoms with Gasteiger partial charge in [0, 0.05) is 31.7 Å². The monoisotopic (exact) mass is 320 g/mol. The highest BCUT2D eigenvalue weighted by Crippen LogP contribution is 2.26. The number of halogens is 1. The zero-order valence-corrected chi connectivity index (χ0v) is 13.4. The minimum Gasteiger partial charge on any atom is -0.466 e. The van der Waals surface area contributed by atoms with E-state index in [1.807, 2.05) is 4.90 Å². The summed E-state index contributed by atoms with van der Waals surface area (Å²) in [6.45, 7) is 6.50. The number of carbonyl (C=O) groups is 1. The van der Waals surface area contributed by atoms with Gasteiger partial charge >= 0.3 is 5.97 Å². The van der Waals surface area contributed by atoms with Crippen LogP contribution in [0.3, 0.4) is 0 Å². The first-order chi connectivity index (χ1) is 11.1. The van der Waals surface area contributed by atoms with Gasteiger partial charge in [-0.05, 0) is 19.9 Å². The molecule has 124 valence electrons. The van der Waals surface area contributed by atoms with E-state index in [1.54, 1.807) is 13.0 Å². The van der Waals surface area contributed by atoms with Crippen LogP contribution in [0.1, 0.15) is 19.7 Å². The Hall–Kier alpha value is -2.15. The van der Waals surface area contributed by atoms with Crippen molar-refractivity contribution in [2.75, 3.05) is 31.1 Å². The number of benzene rings is 1. The van der Waals surface area contributed by atoms with Gasteiger partial charge in [-0.15, -0.1) is 0 Å². The summed E-state index contributed by atoms with van der Waals surface area (Å²) in [4.78, 5) is 20.9. The number of hydrogen-bond acceptors (Lipinski definition) is 5. The number of nitrogens with zero attached hydrogens (tertiary/aromatic N) is 2. The molecule has 0 bridgehead atoms. The Morgan fingerprint density at radius 3 is 3.09 bits per heavy atom. The molecule has 1 atom stereocenters. The molecule has 2 heterocycles. The first kappa shape index (κ1) is 15.7. The summed E-state index contributed by atoms with van der Waals surface area (Å²) < 4.78 is 19.3. The molecule has 1 fully saturated rings. The van der Waals surface area contributed by atoms with Crippen molar-refractivity contribution in [2.24, 2.45) is 0 Å². The fourth-order valence-corrected chi connectivity index (χ4v) is 2.90. The van der Waals surface area contributed by atoms with E-state index in [9.17, 15) is 9.18 Å². The fraction of sp³-hybridized carbons (Fsp3) is 0.500. The Morgan fingerprint density at radius 1 is 1.52 bits per heavy atom. The second-order valence-corrected chi connectivity index (χ2v) is 5.79. The van der Waals surface area contributed by atoms with Crippen molar-refractivity contribution in [1.29, 1.82) is 0 Å². The third-order valence-corrected chi connectivity index (χ3v) is 3.93. The van der Waals surface area contributed by atoms with Gasteiger partial charge in [0.25, 0.3) is 0 Å². The number of carbonyl (C=O) groups excluding carboxylic acids is 1. The Balaban J connectivity index is 1.86. The quantitative estimate of drug-likeness (QED) is 0.838. The molecule has 2 N–H and O–H groups in total. The molecule has 1 aliphatic rings. The van der Waals surface area contributed by atoms with E-state index in [-0.39, 0.29) is 18.2 Å². The normalized spacial score (nSPS) is 18.4. The van der Waals surface area contributed by atoms with Gasteiger partial charge in [0.1, 0.15) is 18.1 Å². The van der Waals surface area contributed by atoms with E-state index in [1.165, 1.54) is 6.07 Å². The highest BCUT2D eigenvalue weighted by molar-refractivity contribution is 5.81. The Bertz CT molecular complexity index is 715. The maximum absolute atomic E-state index is 14.4. The van der Waals surface area contributed by atoms with Crippen molar-refractivity contribution in [3.05, 3.63) is 23.8 Å². The number of rotatable bonds is 4. The molecule has 23 heavy (non-hydrogen) atoms. The number of fused-ring (bicyclic) bond motifs is 1. The molecule has 0 aliphatic carbocycles. The largest absolute Gasteiger partial charge is 0.466 e. The highest BCUT2D eigenvalue weighted by atomic mass is 19.1. The lowest BCUT2D eigenvalue weighted by molar-refractivity contribution is -0.142. The summed E-state index contributed by atoms with van der Waals surface area (Å²) >= 11 is 0. The Labute approximate surface area is 134 Å². The van der Waals surface area contributed by atoms with Crippen molar-refractivity contribution >= 4 is 22.7 Å². The first-order valence-electron chi connectivity index (χ1n) is 7.89. The summed E-state index contributed by atoms with van der Waals surface area (Å²) in [5.74, 6) is -0.134. The third kappa shape index (κ3) is 3.44. The molecule has 1 aromatic carbocycles. The zero-order valence-electron chi connectivity index (χ0n) is 13.4. The van der Waals surface area contributed by atoms with E-state index >= 15 is 0 Å². The van der Waals surface area contributed by atoms with Crippen LogP contribution in [0.5, 0.6) is 0 Å². The lowest BCUT2D eigenvalue weighted by Gasteiger charge is -2.33. The second-order valence-electron chi connectivity index (χ2n) is 5.79. The Kier molecular flexibility index (Phi) is 4.47. The predicted molar refractivity (Wildman–Crippen MR) is 86.1 cm³/mol. The molecule has 2 aromatic rings. The molecule has 7 heteroatoms. The van der Waals surface area contributed by atoms with Gasteiger partial charge < -0.3 is 19.9 Å². The third-order valence-electron chi connectivity index (χ3n) is 3.93. The summed E-state index contributed by atoms with van der Waals surface area (Å²) in [5.41, 5.74) is 1.81. The van der Waals surface area contributed by atoms with Crippen LogP contribution in [-0.4, -0.2) is 48.2 Å². The number of imidazole rings is 1. The standard InChI is InChI=1S/C16H21FN4O2/c1-3-23-16(22)8-15-19-12-6-11(17)14(7-13(12)20-15)21-5-4-18-10(2)9-21/h6-7,10,18H,3-5,8-9H2,1-2H3,(H,19,20). The summed E-state index contributed by atoms with van der Waals surface area (Å²) in [7, 11) is 0. The number of H-pyrrole nitrogens is 1. The SMILES string of the molecule is CCOC(=O)Cc1nc2cc(N3CCNC(C)C3)c(F)cc2[nH]1. The average molecular weight is 320 g/mol.